The molecule has 0 radical (unpaired) electrons. The molecule has 0 N–H and O–H groups in total. The molecule has 0 saturated heterocycles. The van der Waals surface area contributed by atoms with E-state index in [1.165, 1.54) is 5.56 Å². The van der Waals surface area contributed by atoms with E-state index in [2.05, 4.69) is 17.2 Å². The maximum absolute atomic E-state index is 12.1. The summed E-state index contributed by atoms with van der Waals surface area (Å²) in [5.74, 6) is 0.210. The molecule has 20 heavy (non-hydrogen) atoms. The van der Waals surface area contributed by atoms with Gasteiger partial charge in [-0.05, 0) is 18.1 Å². The van der Waals surface area contributed by atoms with Crippen LogP contribution in [0.15, 0.2) is 42.7 Å². The molecular weight excluding hydrogens is 252 g/mol. The van der Waals surface area contributed by atoms with E-state index in [0.717, 1.165) is 5.56 Å². The molecule has 1 aliphatic carbocycles. The summed E-state index contributed by atoms with van der Waals surface area (Å²) in [5, 5.41) is 4.21. The van der Waals surface area contributed by atoms with Gasteiger partial charge < -0.3 is 4.74 Å². The van der Waals surface area contributed by atoms with E-state index in [0.29, 0.717) is 6.61 Å². The lowest BCUT2D eigenvalue weighted by atomic mass is 10.1. The minimum Gasteiger partial charge on any atom is -0.466 e. The molecule has 1 aromatic carbocycles. The summed E-state index contributed by atoms with van der Waals surface area (Å²) in [6, 6.07) is 10.2. The second kappa shape index (κ2) is 5.12. The number of aryl methyl sites for hydroxylation is 1. The van der Waals surface area contributed by atoms with Crippen LogP contribution < -0.4 is 0 Å². The van der Waals surface area contributed by atoms with Crippen molar-refractivity contribution in [1.82, 2.24) is 9.78 Å². The van der Waals surface area contributed by atoms with Gasteiger partial charge in [0.2, 0.25) is 0 Å². The Labute approximate surface area is 118 Å². The minimum absolute atomic E-state index is 0.0819. The molecule has 1 fully saturated rings. The van der Waals surface area contributed by atoms with Gasteiger partial charge in [-0.25, -0.2) is 0 Å². The van der Waals surface area contributed by atoms with Crippen LogP contribution in [0.2, 0.25) is 0 Å². The zero-order valence-electron chi connectivity index (χ0n) is 11.7. The summed E-state index contributed by atoms with van der Waals surface area (Å²) in [6.45, 7) is 2.27. The first-order valence-corrected chi connectivity index (χ1v) is 6.92. The lowest BCUT2D eigenvalue weighted by Crippen LogP contribution is -2.08. The van der Waals surface area contributed by atoms with Gasteiger partial charge in [-0.15, -0.1) is 0 Å². The van der Waals surface area contributed by atoms with Gasteiger partial charge in [0.1, 0.15) is 0 Å². The van der Waals surface area contributed by atoms with E-state index in [4.69, 9.17) is 4.74 Å². The molecule has 0 aliphatic heterocycles. The van der Waals surface area contributed by atoms with Crippen LogP contribution in [0.4, 0.5) is 0 Å². The van der Waals surface area contributed by atoms with E-state index in [-0.39, 0.29) is 23.7 Å². The van der Waals surface area contributed by atoms with Gasteiger partial charge in [0.05, 0.1) is 18.7 Å². The van der Waals surface area contributed by atoms with Crippen LogP contribution in [0.3, 0.4) is 0 Å². The first-order valence-electron chi connectivity index (χ1n) is 6.92. The highest BCUT2D eigenvalue weighted by molar-refractivity contribution is 5.80. The van der Waals surface area contributed by atoms with Crippen molar-refractivity contribution in [2.24, 2.45) is 13.0 Å². The number of rotatable bonds is 4. The molecule has 1 saturated carbocycles. The van der Waals surface area contributed by atoms with E-state index in [1.807, 2.05) is 44.6 Å². The van der Waals surface area contributed by atoms with Gasteiger partial charge in [0.25, 0.3) is 0 Å². The Kier molecular flexibility index (Phi) is 3.30. The molecule has 1 aromatic heterocycles. The molecule has 1 heterocycles. The smallest absolute Gasteiger partial charge is 0.310 e. The lowest BCUT2D eigenvalue weighted by Gasteiger charge is -2.00. The van der Waals surface area contributed by atoms with Gasteiger partial charge >= 0.3 is 5.97 Å². The third kappa shape index (κ3) is 2.22. The number of aromatic nitrogens is 2. The van der Waals surface area contributed by atoms with E-state index >= 15 is 0 Å². The summed E-state index contributed by atoms with van der Waals surface area (Å²) in [5.41, 5.74) is 2.30. The Morgan fingerprint density at radius 2 is 1.95 bits per heavy atom. The van der Waals surface area contributed by atoms with Crippen molar-refractivity contribution in [1.29, 1.82) is 0 Å². The number of carbonyl (C=O) groups excluding carboxylic acids is 1. The molecule has 2 aromatic rings. The normalized spacial score (nSPS) is 24.4. The maximum atomic E-state index is 12.1. The van der Waals surface area contributed by atoms with Crippen molar-refractivity contribution in [2.75, 3.05) is 6.61 Å². The van der Waals surface area contributed by atoms with Crippen LogP contribution in [0.25, 0.3) is 0 Å². The largest absolute Gasteiger partial charge is 0.466 e. The lowest BCUT2D eigenvalue weighted by molar-refractivity contribution is -0.144. The van der Waals surface area contributed by atoms with Gasteiger partial charge in [0, 0.05) is 25.1 Å². The molecule has 4 heteroatoms. The quantitative estimate of drug-likeness (QED) is 0.802. The second-order valence-electron chi connectivity index (χ2n) is 5.19. The summed E-state index contributed by atoms with van der Waals surface area (Å²) >= 11 is 0. The number of hydrogen-bond acceptors (Lipinski definition) is 3. The molecule has 3 atom stereocenters. The highest BCUT2D eigenvalue weighted by Gasteiger charge is 2.57. The third-order valence-electron chi connectivity index (χ3n) is 3.87. The van der Waals surface area contributed by atoms with Gasteiger partial charge in [0.15, 0.2) is 0 Å². The molecule has 3 rings (SSSR count). The average Bonchev–Trinajstić information content (AvgIpc) is 3.07. The minimum atomic E-state index is -0.102. The predicted octanol–water partition coefficient (Wildman–Crippen LogP) is 2.48. The van der Waals surface area contributed by atoms with Crippen molar-refractivity contribution in [3.8, 4) is 0 Å². The third-order valence-corrected chi connectivity index (χ3v) is 3.87. The fourth-order valence-electron chi connectivity index (χ4n) is 2.96. The zero-order chi connectivity index (χ0) is 14.1. The summed E-state index contributed by atoms with van der Waals surface area (Å²) in [7, 11) is 1.89. The standard InChI is InChI=1S/C16H18N2O2/c1-3-20-16(19)15-13(11-7-5-4-6-8-11)14(15)12-9-17-18(2)10-12/h4-10,13-15H,3H2,1-2H3. The van der Waals surface area contributed by atoms with E-state index in [1.54, 1.807) is 4.68 Å². The number of carbonyl (C=O) groups is 1. The molecule has 3 unspecified atom stereocenters. The molecule has 0 bridgehead atoms. The summed E-state index contributed by atoms with van der Waals surface area (Å²) in [6.07, 6.45) is 3.83. The monoisotopic (exact) mass is 270 g/mol. The maximum Gasteiger partial charge on any atom is 0.310 e. The van der Waals surface area contributed by atoms with Crippen molar-refractivity contribution in [2.45, 2.75) is 18.8 Å². The Morgan fingerprint density at radius 3 is 2.55 bits per heavy atom. The number of nitrogens with zero attached hydrogens (tertiary/aromatic N) is 2. The van der Waals surface area contributed by atoms with E-state index < -0.39 is 0 Å². The molecule has 4 nitrogen and oxygen atoms in total. The second-order valence-corrected chi connectivity index (χ2v) is 5.19. The summed E-state index contributed by atoms with van der Waals surface area (Å²) in [4.78, 5) is 12.1. The van der Waals surface area contributed by atoms with Crippen LogP contribution in [-0.4, -0.2) is 22.4 Å². The Bertz CT molecular complexity index is 606. The first kappa shape index (κ1) is 12.9. The Morgan fingerprint density at radius 1 is 1.25 bits per heavy atom. The van der Waals surface area contributed by atoms with Crippen molar-refractivity contribution >= 4 is 5.97 Å². The van der Waals surface area contributed by atoms with Gasteiger partial charge in [-0.3, -0.25) is 9.48 Å². The number of ether oxygens (including phenoxy) is 1. The van der Waals surface area contributed by atoms with Crippen LogP contribution in [0, 0.1) is 5.92 Å². The van der Waals surface area contributed by atoms with Gasteiger partial charge in [-0.1, -0.05) is 30.3 Å². The SMILES string of the molecule is CCOC(=O)C1C(c2ccccc2)C1c1cnn(C)c1. The van der Waals surface area contributed by atoms with Crippen molar-refractivity contribution in [3.63, 3.8) is 0 Å². The summed E-state index contributed by atoms with van der Waals surface area (Å²) < 4.78 is 6.99. The van der Waals surface area contributed by atoms with Crippen LogP contribution in [0.1, 0.15) is 29.9 Å². The Balaban J connectivity index is 1.89. The van der Waals surface area contributed by atoms with Gasteiger partial charge in [-0.2, -0.15) is 5.10 Å². The molecule has 0 spiro atoms. The highest BCUT2D eigenvalue weighted by atomic mass is 16.5. The Hall–Kier alpha value is -2.10. The van der Waals surface area contributed by atoms with Crippen LogP contribution >= 0.6 is 0 Å². The van der Waals surface area contributed by atoms with Crippen LogP contribution in [0.5, 0.6) is 0 Å². The number of benzene rings is 1. The van der Waals surface area contributed by atoms with Crippen molar-refractivity contribution < 1.29 is 9.53 Å². The molecular formula is C16H18N2O2. The average molecular weight is 270 g/mol. The first-order chi connectivity index (χ1) is 9.72. The predicted molar refractivity (Wildman–Crippen MR) is 75.3 cm³/mol. The zero-order valence-corrected chi connectivity index (χ0v) is 11.7. The molecule has 1 aliphatic rings. The number of hydrogen-bond donors (Lipinski definition) is 0. The van der Waals surface area contributed by atoms with Crippen molar-refractivity contribution in [3.05, 3.63) is 53.9 Å². The highest BCUT2D eigenvalue weighted by Crippen LogP contribution is 2.60. The van der Waals surface area contributed by atoms with Crippen LogP contribution in [-0.2, 0) is 16.6 Å². The topological polar surface area (TPSA) is 44.1 Å². The van der Waals surface area contributed by atoms with E-state index in [9.17, 15) is 4.79 Å². The fraction of sp³-hybridized carbons (Fsp3) is 0.375. The molecule has 0 amide bonds. The molecule has 104 valence electrons. The fourth-order valence-corrected chi connectivity index (χ4v) is 2.96. The number of esters is 1.